The van der Waals surface area contributed by atoms with E-state index in [-0.39, 0.29) is 0 Å². The van der Waals surface area contributed by atoms with E-state index >= 15 is 0 Å². The number of hydrogen-bond acceptors (Lipinski definition) is 1. The van der Waals surface area contributed by atoms with E-state index in [0.29, 0.717) is 0 Å². The minimum atomic E-state index is 1.25. The molecule has 0 aliphatic rings. The summed E-state index contributed by atoms with van der Waals surface area (Å²) in [6.45, 7) is 0. The van der Waals surface area contributed by atoms with Crippen molar-refractivity contribution in [2.24, 2.45) is 0 Å². The van der Waals surface area contributed by atoms with Gasteiger partial charge in [-0.25, -0.2) is 0 Å². The van der Waals surface area contributed by atoms with Gasteiger partial charge in [0.05, 0.1) is 0 Å². The second-order valence-electron chi connectivity index (χ2n) is 1.43. The fraction of sp³-hybridized carbons (Fsp3) is 0. The van der Waals surface area contributed by atoms with Crippen LogP contribution in [0.5, 0.6) is 0 Å². The molecule has 8 heavy (non-hydrogen) atoms. The van der Waals surface area contributed by atoms with Gasteiger partial charge in [-0.3, -0.25) is 0 Å². The van der Waals surface area contributed by atoms with Crippen LogP contribution in [0, 0.1) is 0 Å². The van der Waals surface area contributed by atoms with Gasteiger partial charge in [-0.05, 0) is 0 Å². The average molecular weight is 229 g/mol. The van der Waals surface area contributed by atoms with Gasteiger partial charge in [0.2, 0.25) is 0 Å². The molecule has 0 saturated carbocycles. The standard InChI is InChI=1S/C6H6S.Sn.H/c7-6-4-2-1-3-5-6;;/h1-5,7H;;/q;+1;/p-1. The molecule has 0 N–H and O–H groups in total. The SMILES string of the molecule is [SnH][S]c1ccccc1. The Morgan fingerprint density at radius 2 is 1.75 bits per heavy atom. The van der Waals surface area contributed by atoms with Gasteiger partial charge >= 0.3 is 65.3 Å². The van der Waals surface area contributed by atoms with Crippen LogP contribution in [0.15, 0.2) is 35.2 Å². The van der Waals surface area contributed by atoms with Crippen LogP contribution >= 0.6 is 8.95 Å². The molecule has 40 valence electrons. The van der Waals surface area contributed by atoms with Crippen molar-refractivity contribution in [3.05, 3.63) is 30.3 Å². The summed E-state index contributed by atoms with van der Waals surface area (Å²) in [6.07, 6.45) is 0. The van der Waals surface area contributed by atoms with Gasteiger partial charge in [-0.1, -0.05) is 0 Å². The van der Waals surface area contributed by atoms with Gasteiger partial charge in [-0.2, -0.15) is 0 Å². The molecule has 0 amide bonds. The molecule has 0 bridgehead atoms. The molecule has 2 heteroatoms. The summed E-state index contributed by atoms with van der Waals surface area (Å²) >= 11 is 1.25. The summed E-state index contributed by atoms with van der Waals surface area (Å²) in [7, 11) is 1.90. The first-order valence-electron chi connectivity index (χ1n) is 2.35. The fourth-order valence-electron chi connectivity index (χ4n) is 0.499. The normalized spacial score (nSPS) is 9.12. The summed E-state index contributed by atoms with van der Waals surface area (Å²) < 4.78 is 0. The molecule has 0 saturated heterocycles. The second kappa shape index (κ2) is 3.41. The van der Waals surface area contributed by atoms with Crippen LogP contribution in [0.2, 0.25) is 0 Å². The van der Waals surface area contributed by atoms with Crippen molar-refractivity contribution in [3.63, 3.8) is 0 Å². The third-order valence-corrected chi connectivity index (χ3v) is 3.75. The van der Waals surface area contributed by atoms with E-state index in [2.05, 4.69) is 24.3 Å². The second-order valence-corrected chi connectivity index (χ2v) is 4.16. The number of benzene rings is 1. The number of hydrogen-bond donors (Lipinski definition) is 0. The molecule has 0 aliphatic carbocycles. The van der Waals surface area contributed by atoms with E-state index in [1.165, 1.54) is 26.0 Å². The first kappa shape index (κ1) is 6.49. The maximum atomic E-state index is 2.13. The Morgan fingerprint density at radius 1 is 1.12 bits per heavy atom. The molecule has 0 spiro atoms. The minimum absolute atomic E-state index is 1.25. The molecule has 2 radical (unpaired) electrons. The predicted octanol–water partition coefficient (Wildman–Crippen LogP) is 1.59. The van der Waals surface area contributed by atoms with Crippen molar-refractivity contribution in [3.8, 4) is 0 Å². The first-order chi connectivity index (χ1) is 3.93. The van der Waals surface area contributed by atoms with Crippen LogP contribution in [0.1, 0.15) is 0 Å². The third kappa shape index (κ3) is 1.71. The number of rotatable bonds is 1. The van der Waals surface area contributed by atoms with Gasteiger partial charge in [0, 0.05) is 0 Å². The van der Waals surface area contributed by atoms with E-state index in [9.17, 15) is 0 Å². The molecule has 1 aromatic carbocycles. The predicted molar refractivity (Wildman–Crippen MR) is 39.4 cm³/mol. The molecular weight excluding hydrogens is 223 g/mol. The van der Waals surface area contributed by atoms with E-state index in [1.54, 1.807) is 0 Å². The van der Waals surface area contributed by atoms with Gasteiger partial charge in [0.15, 0.2) is 0 Å². The van der Waals surface area contributed by atoms with Crippen molar-refractivity contribution in [1.29, 1.82) is 0 Å². The van der Waals surface area contributed by atoms with E-state index in [4.69, 9.17) is 0 Å². The zero-order chi connectivity index (χ0) is 5.82. The fourth-order valence-corrected chi connectivity index (χ4v) is 2.16. The quantitative estimate of drug-likeness (QED) is 0.659. The molecule has 0 heterocycles. The van der Waals surface area contributed by atoms with Crippen molar-refractivity contribution >= 4 is 30.1 Å². The van der Waals surface area contributed by atoms with Crippen LogP contribution in [0.25, 0.3) is 0 Å². The molecule has 0 fully saturated rings. The summed E-state index contributed by atoms with van der Waals surface area (Å²) in [5.74, 6) is 0. The maximum absolute atomic E-state index is 2.13. The van der Waals surface area contributed by atoms with Crippen molar-refractivity contribution < 1.29 is 0 Å². The van der Waals surface area contributed by atoms with Crippen LogP contribution < -0.4 is 0 Å². The molecule has 1 rings (SSSR count). The molecule has 0 nitrogen and oxygen atoms in total. The molecular formula is C6H6SSn. The van der Waals surface area contributed by atoms with Crippen molar-refractivity contribution in [2.45, 2.75) is 4.90 Å². The van der Waals surface area contributed by atoms with Crippen LogP contribution in [0.3, 0.4) is 0 Å². The zero-order valence-corrected chi connectivity index (χ0v) is 8.48. The monoisotopic (exact) mass is 230 g/mol. The molecule has 0 atom stereocenters. The molecule has 0 aromatic heterocycles. The molecule has 1 aromatic rings. The van der Waals surface area contributed by atoms with Crippen molar-refractivity contribution in [2.75, 3.05) is 0 Å². The Kier molecular flexibility index (Phi) is 2.76. The van der Waals surface area contributed by atoms with Crippen molar-refractivity contribution in [1.82, 2.24) is 0 Å². The van der Waals surface area contributed by atoms with E-state index in [1.807, 2.05) is 15.0 Å². The summed E-state index contributed by atoms with van der Waals surface area (Å²) in [5.41, 5.74) is 0. The third-order valence-electron chi connectivity index (χ3n) is 0.879. The van der Waals surface area contributed by atoms with Gasteiger partial charge in [-0.15, -0.1) is 0 Å². The van der Waals surface area contributed by atoms with Crippen LogP contribution in [-0.2, 0) is 0 Å². The average Bonchev–Trinajstić information content (AvgIpc) is 1.90. The summed E-state index contributed by atoms with van der Waals surface area (Å²) in [4.78, 5) is 1.38. The molecule has 0 unspecified atom stereocenters. The summed E-state index contributed by atoms with van der Waals surface area (Å²) in [5, 5.41) is 0. The van der Waals surface area contributed by atoms with E-state index < -0.39 is 0 Å². The van der Waals surface area contributed by atoms with Gasteiger partial charge < -0.3 is 0 Å². The first-order valence-corrected chi connectivity index (χ1v) is 7.27. The Labute approximate surface area is 65.2 Å². The summed E-state index contributed by atoms with van der Waals surface area (Å²) in [6, 6.07) is 10.4. The Hall–Kier alpha value is 0.369. The van der Waals surface area contributed by atoms with Gasteiger partial charge in [0.25, 0.3) is 0 Å². The topological polar surface area (TPSA) is 0 Å². The Morgan fingerprint density at radius 3 is 2.12 bits per heavy atom. The van der Waals surface area contributed by atoms with E-state index in [0.717, 1.165) is 0 Å². The van der Waals surface area contributed by atoms with Crippen LogP contribution in [-0.4, -0.2) is 21.1 Å². The molecule has 0 aliphatic heterocycles. The Bertz CT molecular complexity index is 150. The van der Waals surface area contributed by atoms with Crippen LogP contribution in [0.4, 0.5) is 0 Å². The Balaban J connectivity index is 2.83. The zero-order valence-electron chi connectivity index (χ0n) is 4.37. The van der Waals surface area contributed by atoms with Gasteiger partial charge in [0.1, 0.15) is 0 Å².